The predicted molar refractivity (Wildman–Crippen MR) is 117 cm³/mol. The molecule has 0 saturated carbocycles. The van der Waals surface area contributed by atoms with Crippen LogP contribution in [0, 0.1) is 0 Å². The number of benzene rings is 2. The summed E-state index contributed by atoms with van der Waals surface area (Å²) < 4.78 is 13.8. The SMILES string of the molecule is c1ccc2c(c1)ccn2CCCCN1CCN(c2ccc3c(c2)OCCO3)CC1. The summed E-state index contributed by atoms with van der Waals surface area (Å²) >= 11 is 0. The van der Waals surface area contributed by atoms with Gasteiger partial charge in [0.25, 0.3) is 0 Å². The Bertz CT molecular complexity index is 960. The molecule has 152 valence electrons. The van der Waals surface area contributed by atoms with Crippen molar-refractivity contribution in [2.75, 3.05) is 50.8 Å². The van der Waals surface area contributed by atoms with Crippen molar-refractivity contribution in [3.8, 4) is 11.5 Å². The molecule has 0 unspecified atom stereocenters. The molecule has 0 bridgehead atoms. The van der Waals surface area contributed by atoms with Crippen molar-refractivity contribution in [2.45, 2.75) is 19.4 Å². The highest BCUT2D eigenvalue weighted by Crippen LogP contribution is 2.34. The summed E-state index contributed by atoms with van der Waals surface area (Å²) in [5.41, 5.74) is 2.59. The quantitative estimate of drug-likeness (QED) is 0.594. The number of hydrogen-bond acceptors (Lipinski definition) is 4. The molecule has 2 aromatic carbocycles. The van der Waals surface area contributed by atoms with Gasteiger partial charge in [-0.05, 0) is 49.0 Å². The minimum atomic E-state index is 0.642. The van der Waals surface area contributed by atoms with Crippen LogP contribution in [0.25, 0.3) is 10.9 Å². The number of anilines is 1. The Balaban J connectivity index is 1.07. The molecule has 0 amide bonds. The highest BCUT2D eigenvalue weighted by atomic mass is 16.6. The third kappa shape index (κ3) is 4.06. The van der Waals surface area contributed by atoms with Gasteiger partial charge in [-0.1, -0.05) is 18.2 Å². The number of unbranched alkanes of at least 4 members (excludes halogenated alkanes) is 1. The van der Waals surface area contributed by atoms with Crippen molar-refractivity contribution in [1.82, 2.24) is 9.47 Å². The van der Waals surface area contributed by atoms with Crippen molar-refractivity contribution in [3.63, 3.8) is 0 Å². The molecule has 1 aromatic heterocycles. The van der Waals surface area contributed by atoms with E-state index in [4.69, 9.17) is 9.47 Å². The fourth-order valence-corrected chi connectivity index (χ4v) is 4.41. The summed E-state index contributed by atoms with van der Waals surface area (Å²) in [4.78, 5) is 5.06. The largest absolute Gasteiger partial charge is 0.486 e. The molecule has 0 atom stereocenters. The van der Waals surface area contributed by atoms with Crippen LogP contribution in [-0.2, 0) is 6.54 Å². The second-order valence-corrected chi connectivity index (χ2v) is 7.93. The van der Waals surface area contributed by atoms with Crippen molar-refractivity contribution in [3.05, 3.63) is 54.7 Å². The molecule has 0 spiro atoms. The van der Waals surface area contributed by atoms with E-state index in [2.05, 4.69) is 63.0 Å². The first kappa shape index (κ1) is 18.4. The topological polar surface area (TPSA) is 29.9 Å². The molecule has 5 rings (SSSR count). The van der Waals surface area contributed by atoms with Gasteiger partial charge in [-0.25, -0.2) is 0 Å². The molecule has 5 heteroatoms. The fourth-order valence-electron chi connectivity index (χ4n) is 4.41. The Morgan fingerprint density at radius 1 is 0.759 bits per heavy atom. The first-order chi connectivity index (χ1) is 14.4. The monoisotopic (exact) mass is 391 g/mol. The Morgan fingerprint density at radius 2 is 1.55 bits per heavy atom. The molecule has 0 aliphatic carbocycles. The van der Waals surface area contributed by atoms with Crippen molar-refractivity contribution < 1.29 is 9.47 Å². The summed E-state index contributed by atoms with van der Waals surface area (Å²) in [7, 11) is 0. The van der Waals surface area contributed by atoms with E-state index in [1.165, 1.54) is 36.0 Å². The van der Waals surface area contributed by atoms with Gasteiger partial charge >= 0.3 is 0 Å². The Kier molecular flexibility index (Phi) is 5.31. The molecule has 0 radical (unpaired) electrons. The summed E-state index contributed by atoms with van der Waals surface area (Å²) in [5.74, 6) is 1.75. The zero-order valence-corrected chi connectivity index (χ0v) is 16.9. The van der Waals surface area contributed by atoms with Gasteiger partial charge in [0.15, 0.2) is 11.5 Å². The lowest BCUT2D eigenvalue weighted by atomic mass is 10.2. The Morgan fingerprint density at radius 3 is 2.45 bits per heavy atom. The first-order valence-electron chi connectivity index (χ1n) is 10.8. The molecule has 5 nitrogen and oxygen atoms in total. The van der Waals surface area contributed by atoms with Crippen LogP contribution in [0.1, 0.15) is 12.8 Å². The van der Waals surface area contributed by atoms with Crippen molar-refractivity contribution in [1.29, 1.82) is 0 Å². The second-order valence-electron chi connectivity index (χ2n) is 7.93. The zero-order chi connectivity index (χ0) is 19.5. The van der Waals surface area contributed by atoms with Crippen LogP contribution >= 0.6 is 0 Å². The van der Waals surface area contributed by atoms with Crippen molar-refractivity contribution >= 4 is 16.6 Å². The van der Waals surface area contributed by atoms with Crippen LogP contribution in [0.15, 0.2) is 54.7 Å². The molecule has 2 aliphatic rings. The van der Waals surface area contributed by atoms with E-state index in [0.29, 0.717) is 13.2 Å². The van der Waals surface area contributed by atoms with E-state index in [1.54, 1.807) is 0 Å². The first-order valence-corrected chi connectivity index (χ1v) is 10.8. The Labute approximate surface area is 172 Å². The summed E-state index contributed by atoms with van der Waals surface area (Å²) in [6.07, 6.45) is 4.69. The number of nitrogens with zero attached hydrogens (tertiary/aromatic N) is 3. The van der Waals surface area contributed by atoms with Gasteiger partial charge < -0.3 is 18.9 Å². The third-order valence-electron chi connectivity index (χ3n) is 6.07. The van der Waals surface area contributed by atoms with Crippen molar-refractivity contribution in [2.24, 2.45) is 0 Å². The van der Waals surface area contributed by atoms with Crippen LogP contribution in [0.4, 0.5) is 5.69 Å². The van der Waals surface area contributed by atoms with E-state index < -0.39 is 0 Å². The normalized spacial score (nSPS) is 17.0. The van der Waals surface area contributed by atoms with E-state index in [9.17, 15) is 0 Å². The van der Waals surface area contributed by atoms with Gasteiger partial charge in [0.2, 0.25) is 0 Å². The molecular weight excluding hydrogens is 362 g/mol. The van der Waals surface area contributed by atoms with Gasteiger partial charge in [0, 0.05) is 56.2 Å². The molecule has 0 N–H and O–H groups in total. The average molecular weight is 392 g/mol. The average Bonchev–Trinajstić information content (AvgIpc) is 3.20. The summed E-state index contributed by atoms with van der Waals surface area (Å²) in [6, 6.07) is 17.2. The number of fused-ring (bicyclic) bond motifs is 2. The Hall–Kier alpha value is -2.66. The maximum absolute atomic E-state index is 5.73. The van der Waals surface area contributed by atoms with E-state index in [-0.39, 0.29) is 0 Å². The summed E-state index contributed by atoms with van der Waals surface area (Å²) in [6.45, 7) is 7.97. The van der Waals surface area contributed by atoms with Gasteiger partial charge in [0.05, 0.1) is 0 Å². The highest BCUT2D eigenvalue weighted by Gasteiger charge is 2.19. The lowest BCUT2D eigenvalue weighted by molar-refractivity contribution is 0.171. The zero-order valence-electron chi connectivity index (χ0n) is 16.9. The lowest BCUT2D eigenvalue weighted by Crippen LogP contribution is -2.46. The maximum atomic E-state index is 5.73. The summed E-state index contributed by atoms with van der Waals surface area (Å²) in [5, 5.41) is 1.34. The van der Waals surface area contributed by atoms with Crippen LogP contribution in [0.3, 0.4) is 0 Å². The number of aryl methyl sites for hydroxylation is 1. The smallest absolute Gasteiger partial charge is 0.163 e. The maximum Gasteiger partial charge on any atom is 0.163 e. The molecule has 3 heterocycles. The molecular formula is C24H29N3O2. The number of piperazine rings is 1. The molecule has 1 saturated heterocycles. The van der Waals surface area contributed by atoms with E-state index in [1.807, 2.05) is 6.07 Å². The van der Waals surface area contributed by atoms with Gasteiger partial charge in [-0.2, -0.15) is 0 Å². The minimum Gasteiger partial charge on any atom is -0.486 e. The lowest BCUT2D eigenvalue weighted by Gasteiger charge is -2.36. The predicted octanol–water partition coefficient (Wildman–Crippen LogP) is 4.01. The van der Waals surface area contributed by atoms with Crippen LogP contribution < -0.4 is 14.4 Å². The van der Waals surface area contributed by atoms with Gasteiger partial charge in [-0.15, -0.1) is 0 Å². The number of hydrogen-bond donors (Lipinski definition) is 0. The fraction of sp³-hybridized carbons (Fsp3) is 0.417. The number of ether oxygens (including phenoxy) is 2. The number of rotatable bonds is 6. The van der Waals surface area contributed by atoms with Crippen LogP contribution in [0.2, 0.25) is 0 Å². The molecule has 29 heavy (non-hydrogen) atoms. The minimum absolute atomic E-state index is 0.642. The van der Waals surface area contributed by atoms with Gasteiger partial charge in [0.1, 0.15) is 13.2 Å². The third-order valence-corrected chi connectivity index (χ3v) is 6.07. The van der Waals surface area contributed by atoms with Crippen LogP contribution in [0.5, 0.6) is 11.5 Å². The number of aromatic nitrogens is 1. The molecule has 3 aromatic rings. The standard InChI is InChI=1S/C24H29N3O2/c1-2-6-22-20(5-1)9-12-27(22)11-4-3-10-25-13-15-26(16-14-25)21-7-8-23-24(19-21)29-18-17-28-23/h1-2,5-9,12,19H,3-4,10-11,13-18H2. The highest BCUT2D eigenvalue weighted by molar-refractivity contribution is 5.79. The van der Waals surface area contributed by atoms with E-state index >= 15 is 0 Å². The van der Waals surface area contributed by atoms with Gasteiger partial charge in [-0.3, -0.25) is 4.90 Å². The number of para-hydroxylation sites is 1. The van der Waals surface area contributed by atoms with Crippen LogP contribution in [-0.4, -0.2) is 55.4 Å². The van der Waals surface area contributed by atoms with E-state index in [0.717, 1.165) is 44.2 Å². The second kappa shape index (κ2) is 8.37. The molecule has 1 fully saturated rings. The molecule has 2 aliphatic heterocycles.